The Kier molecular flexibility index (Phi) is 5.80. The van der Waals surface area contributed by atoms with Gasteiger partial charge in [0.05, 0.1) is 17.3 Å². The molecule has 7 nitrogen and oxygen atoms in total. The summed E-state index contributed by atoms with van der Waals surface area (Å²) >= 11 is 0. The van der Waals surface area contributed by atoms with Gasteiger partial charge in [-0.2, -0.15) is 0 Å². The fraction of sp³-hybridized carbons (Fsp3) is 0.292. The fourth-order valence-corrected chi connectivity index (χ4v) is 4.22. The minimum absolute atomic E-state index is 0.0563. The summed E-state index contributed by atoms with van der Waals surface area (Å²) in [6, 6.07) is 10.3. The van der Waals surface area contributed by atoms with Crippen molar-refractivity contribution in [3.05, 3.63) is 77.0 Å². The summed E-state index contributed by atoms with van der Waals surface area (Å²) in [4.78, 5) is 34.0. The van der Waals surface area contributed by atoms with E-state index in [1.165, 1.54) is 23.1 Å². The van der Waals surface area contributed by atoms with Crippen LogP contribution in [-0.2, 0) is 9.59 Å². The predicted octanol–water partition coefficient (Wildman–Crippen LogP) is 3.16. The van der Waals surface area contributed by atoms with E-state index in [1.807, 2.05) is 25.1 Å². The van der Waals surface area contributed by atoms with Crippen molar-refractivity contribution in [2.75, 3.05) is 27.2 Å². The Labute approximate surface area is 185 Å². The molecule has 1 aliphatic rings. The molecule has 0 saturated carbocycles. The molecule has 1 aliphatic heterocycles. The van der Waals surface area contributed by atoms with Crippen LogP contribution in [0.3, 0.4) is 0 Å². The Bertz CT molecular complexity index is 1230. The number of hydrogen-bond donors (Lipinski definition) is 1. The second-order valence-corrected chi connectivity index (χ2v) is 8.18. The van der Waals surface area contributed by atoms with Crippen LogP contribution in [0.15, 0.2) is 54.2 Å². The molecule has 0 bridgehead atoms. The molecule has 1 amide bonds. The highest BCUT2D eigenvalue weighted by molar-refractivity contribution is 6.46. The minimum Gasteiger partial charge on any atom is -0.505 e. The standard InChI is InChI=1S/C24H25FN4O3/c1-15-20(28-12-5-4-10-18(28)26-15)22(30)19-21(16-8-6-9-17(25)14-16)29(24(32)23(19)31)13-7-11-27(2)3/h4-6,8-10,12,14,21,30H,7,11,13H2,1-3H3/b22-19-. The Morgan fingerprint density at radius 2 is 1.97 bits per heavy atom. The Morgan fingerprint density at radius 3 is 2.69 bits per heavy atom. The molecular formula is C24H25FN4O3. The number of Topliss-reactive ketones (excluding diaryl/α,β-unsaturated/α-hetero) is 1. The first-order valence-electron chi connectivity index (χ1n) is 10.4. The second-order valence-electron chi connectivity index (χ2n) is 8.18. The molecule has 2 aromatic heterocycles. The third kappa shape index (κ3) is 3.78. The number of aliphatic hydroxyl groups is 1. The molecule has 0 aliphatic carbocycles. The number of hydrogen-bond acceptors (Lipinski definition) is 5. The van der Waals surface area contributed by atoms with Gasteiger partial charge in [0.25, 0.3) is 11.7 Å². The number of aromatic nitrogens is 2. The lowest BCUT2D eigenvalue weighted by molar-refractivity contribution is -0.139. The number of halogens is 1. The highest BCUT2D eigenvalue weighted by Crippen LogP contribution is 2.40. The van der Waals surface area contributed by atoms with E-state index >= 15 is 0 Å². The molecule has 1 saturated heterocycles. The van der Waals surface area contributed by atoms with Gasteiger partial charge < -0.3 is 14.9 Å². The molecule has 32 heavy (non-hydrogen) atoms. The summed E-state index contributed by atoms with van der Waals surface area (Å²) in [6.45, 7) is 2.74. The normalized spacial score (nSPS) is 18.3. The second kappa shape index (κ2) is 8.55. The molecule has 3 aromatic rings. The summed E-state index contributed by atoms with van der Waals surface area (Å²) in [6.07, 6.45) is 2.36. The van der Waals surface area contributed by atoms with E-state index in [2.05, 4.69) is 4.98 Å². The van der Waals surface area contributed by atoms with Gasteiger partial charge >= 0.3 is 0 Å². The van der Waals surface area contributed by atoms with Crippen LogP contribution in [-0.4, -0.2) is 63.2 Å². The van der Waals surface area contributed by atoms with Crippen LogP contribution in [0.2, 0.25) is 0 Å². The topological polar surface area (TPSA) is 78.1 Å². The zero-order valence-electron chi connectivity index (χ0n) is 18.2. The summed E-state index contributed by atoms with van der Waals surface area (Å²) < 4.78 is 15.8. The molecule has 0 spiro atoms. The van der Waals surface area contributed by atoms with Gasteiger partial charge in [-0.25, -0.2) is 9.37 Å². The number of fused-ring (bicyclic) bond motifs is 1. The van der Waals surface area contributed by atoms with Crippen LogP contribution in [0.5, 0.6) is 0 Å². The van der Waals surface area contributed by atoms with E-state index in [0.717, 1.165) is 0 Å². The van der Waals surface area contributed by atoms with E-state index < -0.39 is 23.5 Å². The highest BCUT2D eigenvalue weighted by atomic mass is 19.1. The zero-order valence-corrected chi connectivity index (χ0v) is 18.2. The first-order chi connectivity index (χ1) is 15.3. The number of ketones is 1. The minimum atomic E-state index is -0.887. The Hall–Kier alpha value is -3.52. The van der Waals surface area contributed by atoms with E-state index in [9.17, 15) is 19.1 Å². The average Bonchev–Trinajstić information content (AvgIpc) is 3.21. The van der Waals surface area contributed by atoms with Gasteiger partial charge in [0.2, 0.25) is 0 Å². The molecule has 4 rings (SSSR count). The maximum absolute atomic E-state index is 14.1. The van der Waals surface area contributed by atoms with Gasteiger partial charge in [-0.3, -0.25) is 14.0 Å². The number of likely N-dealkylation sites (tertiary alicyclic amines) is 1. The molecular weight excluding hydrogens is 411 g/mol. The third-order valence-electron chi connectivity index (χ3n) is 5.64. The summed E-state index contributed by atoms with van der Waals surface area (Å²) in [7, 11) is 3.84. The molecule has 3 heterocycles. The van der Waals surface area contributed by atoms with Gasteiger partial charge in [0.1, 0.15) is 17.2 Å². The van der Waals surface area contributed by atoms with Crippen LogP contribution in [0.4, 0.5) is 4.39 Å². The number of pyridine rings is 1. The van der Waals surface area contributed by atoms with Crippen molar-refractivity contribution in [3.63, 3.8) is 0 Å². The zero-order chi connectivity index (χ0) is 23.0. The molecule has 1 unspecified atom stereocenters. The van der Waals surface area contributed by atoms with Gasteiger partial charge in [-0.1, -0.05) is 18.2 Å². The van der Waals surface area contributed by atoms with E-state index in [0.29, 0.717) is 42.1 Å². The first-order valence-corrected chi connectivity index (χ1v) is 10.4. The third-order valence-corrected chi connectivity index (χ3v) is 5.64. The van der Waals surface area contributed by atoms with Crippen molar-refractivity contribution < 1.29 is 19.1 Å². The lowest BCUT2D eigenvalue weighted by Gasteiger charge is -2.26. The van der Waals surface area contributed by atoms with Crippen molar-refractivity contribution in [1.82, 2.24) is 19.2 Å². The maximum Gasteiger partial charge on any atom is 0.295 e. The summed E-state index contributed by atoms with van der Waals surface area (Å²) in [5.41, 5.74) is 1.84. The van der Waals surface area contributed by atoms with Crippen LogP contribution in [0.25, 0.3) is 11.4 Å². The summed E-state index contributed by atoms with van der Waals surface area (Å²) in [5.74, 6) is -2.28. The van der Waals surface area contributed by atoms with Gasteiger partial charge in [-0.15, -0.1) is 0 Å². The maximum atomic E-state index is 14.1. The molecule has 8 heteroatoms. The van der Waals surface area contributed by atoms with E-state index in [4.69, 9.17) is 0 Å². The van der Waals surface area contributed by atoms with Crippen LogP contribution < -0.4 is 0 Å². The van der Waals surface area contributed by atoms with Crippen molar-refractivity contribution >= 4 is 23.1 Å². The molecule has 166 valence electrons. The number of imidazole rings is 1. The number of aliphatic hydroxyl groups excluding tert-OH is 1. The molecule has 1 fully saturated rings. The van der Waals surface area contributed by atoms with E-state index in [-0.39, 0.29) is 11.3 Å². The van der Waals surface area contributed by atoms with E-state index in [1.54, 1.807) is 35.7 Å². The van der Waals surface area contributed by atoms with Crippen molar-refractivity contribution in [2.24, 2.45) is 0 Å². The van der Waals surface area contributed by atoms with Crippen molar-refractivity contribution in [1.29, 1.82) is 0 Å². The number of aryl methyl sites for hydroxylation is 1. The number of carbonyl (C=O) groups is 2. The predicted molar refractivity (Wildman–Crippen MR) is 119 cm³/mol. The number of carbonyl (C=O) groups excluding carboxylic acids is 2. The Morgan fingerprint density at radius 1 is 1.19 bits per heavy atom. The Balaban J connectivity index is 1.89. The number of benzene rings is 1. The average molecular weight is 436 g/mol. The number of amides is 1. The first kappa shape index (κ1) is 21.7. The largest absolute Gasteiger partial charge is 0.505 e. The van der Waals surface area contributed by atoms with Gasteiger partial charge in [0, 0.05) is 12.7 Å². The molecule has 0 radical (unpaired) electrons. The SMILES string of the molecule is Cc1nc2ccccn2c1/C(O)=C1/C(=O)C(=O)N(CCCN(C)C)C1c1cccc(F)c1. The number of rotatable bonds is 6. The van der Waals surface area contributed by atoms with Crippen LogP contribution in [0.1, 0.15) is 29.4 Å². The monoisotopic (exact) mass is 436 g/mol. The van der Waals surface area contributed by atoms with Crippen molar-refractivity contribution in [3.8, 4) is 0 Å². The fourth-order valence-electron chi connectivity index (χ4n) is 4.22. The smallest absolute Gasteiger partial charge is 0.295 e. The highest BCUT2D eigenvalue weighted by Gasteiger charge is 2.46. The van der Waals surface area contributed by atoms with Gasteiger partial charge in [0.15, 0.2) is 5.76 Å². The molecule has 1 atom stereocenters. The van der Waals surface area contributed by atoms with Crippen LogP contribution in [0, 0.1) is 12.7 Å². The lowest BCUT2D eigenvalue weighted by atomic mass is 9.96. The molecule has 1 aromatic carbocycles. The van der Waals surface area contributed by atoms with Crippen LogP contribution >= 0.6 is 0 Å². The lowest BCUT2D eigenvalue weighted by Crippen LogP contribution is -2.32. The summed E-state index contributed by atoms with van der Waals surface area (Å²) in [5, 5.41) is 11.3. The quantitative estimate of drug-likeness (QED) is 0.365. The van der Waals surface area contributed by atoms with Crippen molar-refractivity contribution in [2.45, 2.75) is 19.4 Å². The van der Waals surface area contributed by atoms with Gasteiger partial charge in [-0.05, 0) is 63.8 Å². The number of nitrogens with zero attached hydrogens (tertiary/aromatic N) is 4. The molecule has 1 N–H and O–H groups in total.